The first-order valence-electron chi connectivity index (χ1n) is 34.4. The standard InChI is InChI=1S/C70H91N9O25/c1-5-70(92)51-36-55-63-49(39-79(55)67(89)50(51)41-101-68(70)90)48(47-35-56-57(104-42-103-56)37-53(47)76-63)38-72-69(91)102-40-45-6-8-46(9-7-45)74-65(87)52(10-13-62(84)85)77-64(86)44(4)73-66(88)54(34-43(2)3)75-59(81)15-18-93-20-22-95-24-26-97-28-30-99-32-33-100-31-29-98-27-25-96-23-21-94-19-16-71-58(80)14-17-78-60(82)11-12-61(78)83/h6-9,11-12,35-37,43-44,52,54,92H,5,10,13-34,38-42H2,1-4H3,(H,71,80)(H,72,91)(H,73,88)(H,74,87)(H,75,81)(H,77,86)(H,84,85)/t44-,52-,54+,70-/m0/s1. The number of carboxylic acid groups (broad SMARTS) is 1. The molecule has 8 rings (SSSR count). The van der Waals surface area contributed by atoms with Crippen LogP contribution >= 0.6 is 0 Å². The van der Waals surface area contributed by atoms with Gasteiger partial charge in [-0.1, -0.05) is 32.9 Å². The van der Waals surface area contributed by atoms with Crippen LogP contribution in [-0.4, -0.2) is 228 Å². The average Bonchev–Trinajstić information content (AvgIpc) is 1.52. The highest BCUT2D eigenvalue weighted by Crippen LogP contribution is 2.43. The van der Waals surface area contributed by atoms with E-state index in [-0.39, 0.29) is 127 Å². The number of aromatic nitrogens is 2. The summed E-state index contributed by atoms with van der Waals surface area (Å²) in [6.45, 7) is 11.6. The number of esters is 1. The minimum absolute atomic E-state index is 0.0120. The molecule has 8 N–H and O–H groups in total. The quantitative estimate of drug-likeness (QED) is 0.0155. The topological polar surface area (TPSA) is 432 Å². The maximum absolute atomic E-state index is 14.0. The van der Waals surface area contributed by atoms with Gasteiger partial charge >= 0.3 is 18.0 Å². The summed E-state index contributed by atoms with van der Waals surface area (Å²) in [4.78, 5) is 146. The van der Waals surface area contributed by atoms with E-state index < -0.39 is 89.2 Å². The minimum atomic E-state index is -2.04. The number of imide groups is 1. The number of alkyl carbamates (subject to hydrolysis) is 1. The van der Waals surface area contributed by atoms with Crippen molar-refractivity contribution < 1.29 is 115 Å². The van der Waals surface area contributed by atoms with Crippen molar-refractivity contribution in [2.24, 2.45) is 5.92 Å². The van der Waals surface area contributed by atoms with Crippen LogP contribution in [0.5, 0.6) is 11.5 Å². The van der Waals surface area contributed by atoms with Gasteiger partial charge in [-0.25, -0.2) is 14.6 Å². The number of nitrogens with zero attached hydrogens (tertiary/aromatic N) is 3. The van der Waals surface area contributed by atoms with E-state index in [2.05, 4.69) is 31.9 Å². The van der Waals surface area contributed by atoms with Crippen molar-refractivity contribution in [2.45, 2.75) is 116 Å². The Balaban J connectivity index is 0.655. The first-order valence-corrected chi connectivity index (χ1v) is 34.4. The van der Waals surface area contributed by atoms with Crippen LogP contribution in [0.3, 0.4) is 0 Å². The highest BCUT2D eigenvalue weighted by atomic mass is 16.7. The van der Waals surface area contributed by atoms with Crippen LogP contribution in [0.4, 0.5) is 10.5 Å². The number of carboxylic acids is 1. The molecule has 0 saturated carbocycles. The molecule has 4 aliphatic heterocycles. The summed E-state index contributed by atoms with van der Waals surface area (Å²) < 4.78 is 67.5. The molecule has 0 unspecified atom stereocenters. The highest BCUT2D eigenvalue weighted by molar-refractivity contribution is 6.13. The van der Waals surface area contributed by atoms with E-state index >= 15 is 0 Å². The fourth-order valence-electron chi connectivity index (χ4n) is 11.2. The van der Waals surface area contributed by atoms with Crippen LogP contribution in [-0.2, 0) is 122 Å². The monoisotopic (exact) mass is 1460 g/mol. The minimum Gasteiger partial charge on any atom is -0.481 e. The zero-order valence-electron chi connectivity index (χ0n) is 58.6. The van der Waals surface area contributed by atoms with Crippen molar-refractivity contribution >= 4 is 76.0 Å². The molecule has 4 aliphatic rings. The number of cyclic esters (lactones) is 1. The van der Waals surface area contributed by atoms with E-state index in [0.29, 0.717) is 136 Å². The number of aliphatic carboxylic acids is 1. The number of ether oxygens (including phenoxy) is 12. The van der Waals surface area contributed by atoms with Gasteiger partial charge < -0.3 is 104 Å². The van der Waals surface area contributed by atoms with Crippen molar-refractivity contribution in [2.75, 3.05) is 131 Å². The molecule has 0 spiro atoms. The Morgan fingerprint density at radius 2 is 1.22 bits per heavy atom. The van der Waals surface area contributed by atoms with Gasteiger partial charge in [-0.3, -0.25) is 48.1 Å². The van der Waals surface area contributed by atoms with Gasteiger partial charge in [-0.05, 0) is 67.5 Å². The van der Waals surface area contributed by atoms with Crippen molar-refractivity contribution in [3.63, 3.8) is 0 Å². The fourth-order valence-corrected chi connectivity index (χ4v) is 11.2. The number of anilines is 1. The second-order valence-corrected chi connectivity index (χ2v) is 24.7. The first kappa shape index (κ1) is 80.2. The molecule has 4 aromatic rings. The summed E-state index contributed by atoms with van der Waals surface area (Å²) in [6, 6.07) is 7.61. The van der Waals surface area contributed by atoms with Crippen LogP contribution in [0.1, 0.15) is 94.0 Å². The number of hydrogen-bond donors (Lipinski definition) is 8. The lowest BCUT2D eigenvalue weighted by atomic mass is 9.86. The van der Waals surface area contributed by atoms with Gasteiger partial charge in [0.25, 0.3) is 17.4 Å². The molecule has 34 nitrogen and oxygen atoms in total. The molecule has 34 heteroatoms. The molecule has 104 heavy (non-hydrogen) atoms. The number of hydrogen-bond acceptors (Lipinski definition) is 25. The fraction of sp³-hybridized carbons (Fsp3) is 0.543. The zero-order valence-corrected chi connectivity index (χ0v) is 58.6. The number of nitrogens with one attached hydrogen (secondary N) is 6. The van der Waals surface area contributed by atoms with E-state index in [4.69, 9.17) is 61.8 Å². The van der Waals surface area contributed by atoms with Crippen molar-refractivity contribution in [1.82, 2.24) is 41.0 Å². The van der Waals surface area contributed by atoms with Crippen LogP contribution in [0.15, 0.2) is 59.4 Å². The number of aliphatic hydroxyl groups is 1. The number of rotatable bonds is 47. The number of amides is 8. The summed E-state index contributed by atoms with van der Waals surface area (Å²) >= 11 is 0. The van der Waals surface area contributed by atoms with Crippen molar-refractivity contribution in [3.8, 4) is 22.9 Å². The molecule has 8 amide bonds. The van der Waals surface area contributed by atoms with Crippen molar-refractivity contribution in [1.29, 1.82) is 0 Å². The maximum Gasteiger partial charge on any atom is 0.407 e. The second-order valence-electron chi connectivity index (χ2n) is 24.7. The lowest BCUT2D eigenvalue weighted by Crippen LogP contribution is -2.55. The molecule has 0 saturated heterocycles. The summed E-state index contributed by atoms with van der Waals surface area (Å²) in [5.41, 5.74) is 1.03. The predicted molar refractivity (Wildman–Crippen MR) is 365 cm³/mol. The summed E-state index contributed by atoms with van der Waals surface area (Å²) in [6.07, 6.45) is 0.900. The number of benzene rings is 2. The van der Waals surface area contributed by atoms with Crippen molar-refractivity contribution in [3.05, 3.63) is 92.8 Å². The van der Waals surface area contributed by atoms with E-state index in [1.807, 2.05) is 13.8 Å². The molecule has 6 heterocycles. The second kappa shape index (κ2) is 40.5. The first-order chi connectivity index (χ1) is 50.1. The Hall–Kier alpha value is -9.52. The van der Waals surface area contributed by atoms with Gasteiger partial charge in [-0.2, -0.15) is 0 Å². The van der Waals surface area contributed by atoms with Gasteiger partial charge in [0.15, 0.2) is 17.1 Å². The summed E-state index contributed by atoms with van der Waals surface area (Å²) in [5.74, 6) is -5.03. The molecule has 0 bridgehead atoms. The van der Waals surface area contributed by atoms with Gasteiger partial charge in [0.05, 0.1) is 135 Å². The van der Waals surface area contributed by atoms with Crippen LogP contribution in [0, 0.1) is 5.92 Å². The molecular weight excluding hydrogens is 1370 g/mol. The van der Waals surface area contributed by atoms with Crippen LogP contribution in [0.2, 0.25) is 0 Å². The smallest absolute Gasteiger partial charge is 0.407 e. The zero-order chi connectivity index (χ0) is 74.5. The number of carbonyl (C=O) groups excluding carboxylic acids is 9. The highest BCUT2D eigenvalue weighted by Gasteiger charge is 2.46. The normalized spacial score (nSPS) is 15.6. The third-order valence-electron chi connectivity index (χ3n) is 16.8. The number of pyridine rings is 2. The molecular formula is C70H91N9O25. The average molecular weight is 1460 g/mol. The maximum atomic E-state index is 14.0. The predicted octanol–water partition coefficient (Wildman–Crippen LogP) is 1.51. The molecule has 4 atom stereocenters. The van der Waals surface area contributed by atoms with E-state index in [0.717, 1.165) is 4.90 Å². The third kappa shape index (κ3) is 23.5. The number of carbonyl (C=O) groups is 10. The Morgan fingerprint density at radius 3 is 1.81 bits per heavy atom. The van der Waals surface area contributed by atoms with E-state index in [1.54, 1.807) is 37.3 Å². The molecule has 2 aromatic heterocycles. The van der Waals surface area contributed by atoms with E-state index in [9.17, 15) is 63.0 Å². The largest absolute Gasteiger partial charge is 0.481 e. The lowest BCUT2D eigenvalue weighted by molar-refractivity contribution is -0.172. The van der Waals surface area contributed by atoms with Gasteiger partial charge in [-0.15, -0.1) is 0 Å². The van der Waals surface area contributed by atoms with Crippen LogP contribution in [0.25, 0.3) is 22.3 Å². The Labute approximate surface area is 598 Å². The molecule has 0 radical (unpaired) electrons. The summed E-state index contributed by atoms with van der Waals surface area (Å²) in [5, 5.41) is 37.5. The lowest BCUT2D eigenvalue weighted by Gasteiger charge is -2.31. The summed E-state index contributed by atoms with van der Waals surface area (Å²) in [7, 11) is 0. The molecule has 0 aliphatic carbocycles. The SMILES string of the molecule is CC[C@@]1(O)C(=O)OCc2c1cc1n(c2=O)Cc2c-1nc1cc3c(cc1c2CNC(=O)OCc1ccc(NC(=O)[C@H](CCC(=O)O)NC(=O)[C@H](C)NC(=O)[C@@H](CC(C)C)NC(=O)CCOCCOCCOCCOCCOCCOCCOCCOCCNC(=O)CCN2C(=O)C=CC2=O)cc1)OCO3. The third-order valence-corrected chi connectivity index (χ3v) is 16.8. The molecule has 566 valence electrons. The number of fused-ring (bicyclic) bond motifs is 6. The van der Waals surface area contributed by atoms with Crippen LogP contribution < -0.4 is 46.9 Å². The van der Waals surface area contributed by atoms with Gasteiger partial charge in [0.1, 0.15) is 31.3 Å². The van der Waals surface area contributed by atoms with Gasteiger partial charge in [0, 0.05) is 79.3 Å². The van der Waals surface area contributed by atoms with E-state index in [1.165, 1.54) is 35.8 Å². The van der Waals surface area contributed by atoms with Gasteiger partial charge in [0.2, 0.25) is 36.3 Å². The Bertz CT molecular complexity index is 3750. The molecule has 0 fully saturated rings. The Morgan fingerprint density at radius 1 is 0.635 bits per heavy atom. The Kier molecular flexibility index (Phi) is 31.2. The molecule has 2 aromatic carbocycles.